The van der Waals surface area contributed by atoms with Gasteiger partial charge in [-0.05, 0) is 24.1 Å². The topological polar surface area (TPSA) is 75.8 Å². The average molecular weight is 266 g/mol. The summed E-state index contributed by atoms with van der Waals surface area (Å²) in [7, 11) is 1.64. The predicted octanol–water partition coefficient (Wildman–Crippen LogP) is 2.08. The van der Waals surface area contributed by atoms with Crippen molar-refractivity contribution in [3.63, 3.8) is 0 Å². The van der Waals surface area contributed by atoms with E-state index in [9.17, 15) is 4.79 Å². The molecule has 0 heterocycles. The van der Waals surface area contributed by atoms with Crippen LogP contribution in [0.1, 0.15) is 24.2 Å². The van der Waals surface area contributed by atoms with Crippen LogP contribution in [-0.2, 0) is 4.74 Å². The van der Waals surface area contributed by atoms with E-state index in [4.69, 9.17) is 15.6 Å². The molecule has 0 fully saturated rings. The highest BCUT2D eigenvalue weighted by atomic mass is 16.5. The van der Waals surface area contributed by atoms with Gasteiger partial charge in [-0.15, -0.1) is 0 Å². The molecular weight excluding hydrogens is 244 g/mol. The number of nitrogens with two attached hydrogens (primary N) is 1. The lowest BCUT2D eigenvalue weighted by molar-refractivity contribution is 0.0697. The first-order valence-corrected chi connectivity index (χ1v) is 6.32. The largest absolute Gasteiger partial charge is 0.478 e. The molecule has 0 aromatic heterocycles. The molecule has 0 radical (unpaired) electrons. The Morgan fingerprint density at radius 3 is 2.68 bits per heavy atom. The summed E-state index contributed by atoms with van der Waals surface area (Å²) in [5, 5.41) is 9.06. The third-order valence-corrected chi connectivity index (χ3v) is 2.77. The van der Waals surface area contributed by atoms with Gasteiger partial charge in [-0.25, -0.2) is 4.79 Å². The minimum absolute atomic E-state index is 0.246. The third kappa shape index (κ3) is 4.44. The minimum atomic E-state index is -0.947. The first-order valence-electron chi connectivity index (χ1n) is 6.32. The highest BCUT2D eigenvalue weighted by Gasteiger charge is 2.14. The zero-order valence-corrected chi connectivity index (χ0v) is 11.7. The summed E-state index contributed by atoms with van der Waals surface area (Å²) < 4.78 is 5.09. The van der Waals surface area contributed by atoms with Gasteiger partial charge in [0.15, 0.2) is 0 Å². The monoisotopic (exact) mass is 266 g/mol. The molecule has 3 N–H and O–H groups in total. The summed E-state index contributed by atoms with van der Waals surface area (Å²) in [6.07, 6.45) is 0. The quantitative estimate of drug-likeness (QED) is 0.739. The smallest absolute Gasteiger partial charge is 0.335 e. The van der Waals surface area contributed by atoms with Gasteiger partial charge in [-0.3, -0.25) is 0 Å². The fraction of sp³-hybridized carbons (Fsp3) is 0.500. The maximum Gasteiger partial charge on any atom is 0.335 e. The van der Waals surface area contributed by atoms with Crippen molar-refractivity contribution in [1.29, 1.82) is 0 Å². The number of carbonyl (C=O) groups is 1. The molecule has 0 bridgehead atoms. The van der Waals surface area contributed by atoms with Gasteiger partial charge in [0.05, 0.1) is 23.5 Å². The Morgan fingerprint density at radius 2 is 2.16 bits per heavy atom. The Hall–Kier alpha value is -1.75. The zero-order chi connectivity index (χ0) is 14.4. The summed E-state index contributed by atoms with van der Waals surface area (Å²) in [6.45, 7) is 6.27. The molecule has 1 aromatic rings. The van der Waals surface area contributed by atoms with E-state index in [1.54, 1.807) is 19.2 Å². The van der Waals surface area contributed by atoms with Crippen molar-refractivity contribution < 1.29 is 14.6 Å². The van der Waals surface area contributed by atoms with Crippen molar-refractivity contribution in [3.05, 3.63) is 23.8 Å². The lowest BCUT2D eigenvalue weighted by atomic mass is 10.1. The molecular formula is C14H22N2O3. The SMILES string of the molecule is COCCN(CC(C)C)c1cc(C(=O)O)ccc1N. The number of aromatic carboxylic acids is 1. The van der Waals surface area contributed by atoms with E-state index >= 15 is 0 Å². The van der Waals surface area contributed by atoms with Crippen molar-refractivity contribution in [2.24, 2.45) is 5.92 Å². The number of ether oxygens (including phenoxy) is 1. The standard InChI is InChI=1S/C14H22N2O3/c1-10(2)9-16(6-7-19-3)13-8-11(14(17)18)4-5-12(13)15/h4-5,8,10H,6-7,9,15H2,1-3H3,(H,17,18). The minimum Gasteiger partial charge on any atom is -0.478 e. The second kappa shape index (κ2) is 6.99. The summed E-state index contributed by atoms with van der Waals surface area (Å²) in [4.78, 5) is 13.1. The van der Waals surface area contributed by atoms with Gasteiger partial charge in [-0.1, -0.05) is 13.8 Å². The van der Waals surface area contributed by atoms with Crippen LogP contribution in [0.2, 0.25) is 0 Å². The molecule has 1 rings (SSSR count). The average Bonchev–Trinajstić information content (AvgIpc) is 2.34. The first-order chi connectivity index (χ1) is 8.95. The van der Waals surface area contributed by atoms with E-state index in [1.807, 2.05) is 0 Å². The molecule has 5 nitrogen and oxygen atoms in total. The van der Waals surface area contributed by atoms with Crippen molar-refractivity contribution in [2.45, 2.75) is 13.8 Å². The Kier molecular flexibility index (Phi) is 5.63. The predicted molar refractivity (Wildman–Crippen MR) is 76.7 cm³/mol. The fourth-order valence-corrected chi connectivity index (χ4v) is 1.90. The normalized spacial score (nSPS) is 10.7. The summed E-state index contributed by atoms with van der Waals surface area (Å²) >= 11 is 0. The van der Waals surface area contributed by atoms with E-state index < -0.39 is 5.97 Å². The third-order valence-electron chi connectivity index (χ3n) is 2.77. The van der Waals surface area contributed by atoms with Gasteiger partial charge in [0, 0.05) is 20.2 Å². The van der Waals surface area contributed by atoms with Crippen molar-refractivity contribution in [1.82, 2.24) is 0 Å². The van der Waals surface area contributed by atoms with E-state index in [-0.39, 0.29) is 5.56 Å². The Labute approximate surface area is 114 Å². The van der Waals surface area contributed by atoms with Crippen LogP contribution < -0.4 is 10.6 Å². The molecule has 0 amide bonds. The number of carboxylic acids is 1. The lowest BCUT2D eigenvalue weighted by Crippen LogP contribution is -2.31. The number of nitrogens with zero attached hydrogens (tertiary/aromatic N) is 1. The molecule has 0 aliphatic rings. The van der Waals surface area contributed by atoms with Crippen LogP contribution >= 0.6 is 0 Å². The van der Waals surface area contributed by atoms with Crippen LogP contribution in [0.25, 0.3) is 0 Å². The molecule has 0 spiro atoms. The second-order valence-electron chi connectivity index (χ2n) is 4.91. The van der Waals surface area contributed by atoms with E-state index in [0.717, 1.165) is 12.2 Å². The Morgan fingerprint density at radius 1 is 1.47 bits per heavy atom. The van der Waals surface area contributed by atoms with Crippen LogP contribution in [0, 0.1) is 5.92 Å². The second-order valence-corrected chi connectivity index (χ2v) is 4.91. The fourth-order valence-electron chi connectivity index (χ4n) is 1.90. The number of hydrogen-bond donors (Lipinski definition) is 2. The molecule has 5 heteroatoms. The van der Waals surface area contributed by atoms with Gasteiger partial charge >= 0.3 is 5.97 Å². The zero-order valence-electron chi connectivity index (χ0n) is 11.7. The van der Waals surface area contributed by atoms with Crippen molar-refractivity contribution in [2.75, 3.05) is 37.4 Å². The highest BCUT2D eigenvalue weighted by Crippen LogP contribution is 2.25. The number of benzene rings is 1. The number of methoxy groups -OCH3 is 1. The molecule has 0 saturated heterocycles. The Balaban J connectivity index is 3.04. The summed E-state index contributed by atoms with van der Waals surface area (Å²) in [5.74, 6) is -0.498. The molecule has 19 heavy (non-hydrogen) atoms. The van der Waals surface area contributed by atoms with E-state index in [1.165, 1.54) is 6.07 Å². The Bertz CT molecular complexity index is 433. The maximum absolute atomic E-state index is 11.0. The van der Waals surface area contributed by atoms with Gasteiger partial charge < -0.3 is 20.5 Å². The van der Waals surface area contributed by atoms with Crippen LogP contribution in [0.5, 0.6) is 0 Å². The van der Waals surface area contributed by atoms with Crippen molar-refractivity contribution in [3.8, 4) is 0 Å². The van der Waals surface area contributed by atoms with Crippen LogP contribution in [0.3, 0.4) is 0 Å². The van der Waals surface area contributed by atoms with Gasteiger partial charge in [0.1, 0.15) is 0 Å². The number of anilines is 2. The van der Waals surface area contributed by atoms with Crippen LogP contribution in [-0.4, -0.2) is 37.9 Å². The number of rotatable bonds is 7. The number of nitrogen functional groups attached to an aromatic ring is 1. The van der Waals surface area contributed by atoms with Crippen molar-refractivity contribution >= 4 is 17.3 Å². The summed E-state index contributed by atoms with van der Waals surface area (Å²) in [6, 6.07) is 4.78. The highest BCUT2D eigenvalue weighted by molar-refractivity contribution is 5.90. The molecule has 0 atom stereocenters. The molecule has 0 aliphatic carbocycles. The van der Waals surface area contributed by atoms with E-state index in [2.05, 4.69) is 18.7 Å². The van der Waals surface area contributed by atoms with Crippen LogP contribution in [0.15, 0.2) is 18.2 Å². The molecule has 106 valence electrons. The van der Waals surface area contributed by atoms with Gasteiger partial charge in [-0.2, -0.15) is 0 Å². The first kappa shape index (κ1) is 15.3. The van der Waals surface area contributed by atoms with Gasteiger partial charge in [0.2, 0.25) is 0 Å². The number of hydrogen-bond acceptors (Lipinski definition) is 4. The van der Waals surface area contributed by atoms with Crippen LogP contribution in [0.4, 0.5) is 11.4 Å². The molecule has 0 saturated carbocycles. The summed E-state index contributed by atoms with van der Waals surface area (Å²) in [5.41, 5.74) is 7.55. The molecule has 0 aliphatic heterocycles. The lowest BCUT2D eigenvalue weighted by Gasteiger charge is -2.28. The van der Waals surface area contributed by atoms with E-state index in [0.29, 0.717) is 24.8 Å². The molecule has 0 unspecified atom stereocenters. The van der Waals surface area contributed by atoms with Gasteiger partial charge in [0.25, 0.3) is 0 Å². The molecule has 1 aromatic carbocycles. The number of carboxylic acid groups (broad SMARTS) is 1. The maximum atomic E-state index is 11.0.